The number of aliphatic carboxylic acids is 1. The van der Waals surface area contributed by atoms with Crippen molar-refractivity contribution in [3.8, 4) is 23.0 Å². The second-order valence-electron chi connectivity index (χ2n) is 11.8. The standard InChI is InChI=1S/C37H31ClN2O10S/c38-25-15-22(13-20-7-4-5-12-28(20)41)32(43)23(16-25)14-21-8-6-11-27(33(21)44)37(48)50-17-24-19-51-35-30(34(45)40(35)31(24)36(46)47)39-29(42)18-49-26-9-2-1-3-10-26/h1-12,15-16,30,35,41,43-44H,13-14,17-19H2,(H,39,42)(H,46,47)/t30-,35-/m1/s1. The third-order valence-electron chi connectivity index (χ3n) is 8.38. The molecule has 4 aromatic carbocycles. The molecule has 14 heteroatoms. The SMILES string of the molecule is O=C(COc1ccccc1)N[C@@H]1C(=O)N2C(C(=O)O)=C(COC(=O)c3cccc(Cc4cc(Cl)cc(Cc5ccccc5O)c4O)c3O)CS[C@H]12. The first-order chi connectivity index (χ1) is 24.5. The molecule has 0 aliphatic carbocycles. The van der Waals surface area contributed by atoms with Gasteiger partial charge in [-0.15, -0.1) is 11.8 Å². The van der Waals surface area contributed by atoms with Gasteiger partial charge in [-0.2, -0.15) is 0 Å². The number of amides is 2. The molecule has 0 spiro atoms. The zero-order valence-corrected chi connectivity index (χ0v) is 28.3. The number of phenolic OH excluding ortho intramolecular Hbond substituents is 3. The topological polar surface area (TPSA) is 183 Å². The van der Waals surface area contributed by atoms with E-state index in [9.17, 15) is 39.6 Å². The van der Waals surface area contributed by atoms with Gasteiger partial charge in [-0.3, -0.25) is 14.5 Å². The summed E-state index contributed by atoms with van der Waals surface area (Å²) in [4.78, 5) is 52.0. The van der Waals surface area contributed by atoms with E-state index in [1.54, 1.807) is 60.7 Å². The lowest BCUT2D eigenvalue weighted by Crippen LogP contribution is -2.71. The Morgan fingerprint density at radius 3 is 2.24 bits per heavy atom. The Morgan fingerprint density at radius 2 is 1.53 bits per heavy atom. The number of rotatable bonds is 12. The van der Waals surface area contributed by atoms with Crippen LogP contribution in [-0.4, -0.2) is 79.5 Å². The molecule has 2 heterocycles. The molecule has 4 aromatic rings. The molecule has 0 unspecified atom stereocenters. The Labute approximate surface area is 300 Å². The van der Waals surface area contributed by atoms with Gasteiger partial charge in [0.2, 0.25) is 0 Å². The zero-order valence-electron chi connectivity index (χ0n) is 26.7. The van der Waals surface area contributed by atoms with Gasteiger partial charge in [-0.05, 0) is 47.5 Å². The molecular weight excluding hydrogens is 700 g/mol. The molecule has 6 rings (SSSR count). The Hall–Kier alpha value is -5.66. The summed E-state index contributed by atoms with van der Waals surface area (Å²) in [5, 5.41) is 44.6. The van der Waals surface area contributed by atoms with Gasteiger partial charge in [0.25, 0.3) is 11.8 Å². The van der Waals surface area contributed by atoms with Crippen molar-refractivity contribution in [1.82, 2.24) is 10.2 Å². The number of nitrogens with one attached hydrogen (secondary N) is 1. The van der Waals surface area contributed by atoms with Crippen molar-refractivity contribution >= 4 is 47.1 Å². The average molecular weight is 731 g/mol. The van der Waals surface area contributed by atoms with Crippen LogP contribution in [0.15, 0.2) is 96.2 Å². The van der Waals surface area contributed by atoms with E-state index in [0.717, 1.165) is 4.90 Å². The number of hydrogen-bond donors (Lipinski definition) is 5. The van der Waals surface area contributed by atoms with Gasteiger partial charge in [0.15, 0.2) is 6.61 Å². The lowest BCUT2D eigenvalue weighted by molar-refractivity contribution is -0.151. The molecule has 12 nitrogen and oxygen atoms in total. The Balaban J connectivity index is 1.11. The van der Waals surface area contributed by atoms with E-state index in [4.69, 9.17) is 21.1 Å². The number of phenols is 3. The second-order valence-corrected chi connectivity index (χ2v) is 13.3. The number of carboxylic acid groups (broad SMARTS) is 1. The van der Waals surface area contributed by atoms with Crippen molar-refractivity contribution in [3.05, 3.63) is 129 Å². The number of carbonyl (C=O) groups is 4. The molecule has 5 N–H and O–H groups in total. The highest BCUT2D eigenvalue weighted by Crippen LogP contribution is 2.41. The van der Waals surface area contributed by atoms with Crippen LogP contribution in [0.5, 0.6) is 23.0 Å². The third kappa shape index (κ3) is 7.59. The van der Waals surface area contributed by atoms with Crippen LogP contribution in [0.1, 0.15) is 32.6 Å². The predicted octanol–water partition coefficient (Wildman–Crippen LogP) is 4.61. The molecule has 1 fully saturated rings. The fraction of sp³-hybridized carbons (Fsp3) is 0.189. The molecule has 0 saturated carbocycles. The van der Waals surface area contributed by atoms with Crippen LogP contribution >= 0.6 is 23.4 Å². The molecule has 2 aliphatic heterocycles. The number of esters is 1. The largest absolute Gasteiger partial charge is 0.508 e. The minimum atomic E-state index is -1.40. The smallest absolute Gasteiger partial charge is 0.352 e. The number of carbonyl (C=O) groups excluding carboxylic acids is 3. The van der Waals surface area contributed by atoms with Crippen LogP contribution in [0.25, 0.3) is 0 Å². The van der Waals surface area contributed by atoms with Gasteiger partial charge < -0.3 is 35.2 Å². The van der Waals surface area contributed by atoms with Crippen LogP contribution in [0.3, 0.4) is 0 Å². The van der Waals surface area contributed by atoms with E-state index in [2.05, 4.69) is 5.32 Å². The van der Waals surface area contributed by atoms with Gasteiger partial charge in [-0.25, -0.2) is 9.59 Å². The minimum Gasteiger partial charge on any atom is -0.508 e. The molecule has 262 valence electrons. The van der Waals surface area contributed by atoms with Crippen LogP contribution in [0.4, 0.5) is 0 Å². The van der Waals surface area contributed by atoms with E-state index in [1.807, 2.05) is 0 Å². The van der Waals surface area contributed by atoms with E-state index in [0.29, 0.717) is 27.5 Å². The maximum atomic E-state index is 13.2. The summed E-state index contributed by atoms with van der Waals surface area (Å²) in [5.41, 5.74) is 1.33. The molecule has 1 saturated heterocycles. The van der Waals surface area contributed by atoms with Gasteiger partial charge in [0, 0.05) is 40.3 Å². The summed E-state index contributed by atoms with van der Waals surface area (Å²) in [6.07, 6.45) is 0.187. The summed E-state index contributed by atoms with van der Waals surface area (Å²) in [5.74, 6) is -3.35. The first-order valence-corrected chi connectivity index (χ1v) is 17.1. The molecule has 2 aliphatic rings. The summed E-state index contributed by atoms with van der Waals surface area (Å²) in [6, 6.07) is 22.0. The number of halogens is 1. The predicted molar refractivity (Wildman–Crippen MR) is 187 cm³/mol. The highest BCUT2D eigenvalue weighted by molar-refractivity contribution is 8.00. The number of fused-ring (bicyclic) bond motifs is 1. The molecular formula is C37H31ClN2O10S. The maximum absolute atomic E-state index is 13.2. The van der Waals surface area contributed by atoms with Gasteiger partial charge in [0.05, 0.1) is 0 Å². The number of hydrogen-bond acceptors (Lipinski definition) is 10. The van der Waals surface area contributed by atoms with Crippen molar-refractivity contribution in [2.75, 3.05) is 19.0 Å². The number of para-hydroxylation sites is 3. The zero-order chi connectivity index (χ0) is 36.2. The number of thioether (sulfide) groups is 1. The van der Waals surface area contributed by atoms with E-state index >= 15 is 0 Å². The van der Waals surface area contributed by atoms with Crippen LogP contribution in [-0.2, 0) is 32.0 Å². The number of aromatic hydroxyl groups is 3. The molecule has 0 radical (unpaired) electrons. The number of ether oxygens (including phenoxy) is 2. The Morgan fingerprint density at radius 1 is 0.863 bits per heavy atom. The minimum absolute atomic E-state index is 0.00732. The average Bonchev–Trinajstić information content (AvgIpc) is 3.12. The summed E-state index contributed by atoms with van der Waals surface area (Å²) in [6.45, 7) is -0.802. The van der Waals surface area contributed by atoms with Crippen molar-refractivity contribution in [2.24, 2.45) is 0 Å². The molecule has 0 bridgehead atoms. The Kier molecular flexibility index (Phi) is 10.4. The van der Waals surface area contributed by atoms with Crippen molar-refractivity contribution in [3.63, 3.8) is 0 Å². The monoisotopic (exact) mass is 730 g/mol. The molecule has 2 amide bonds. The molecule has 51 heavy (non-hydrogen) atoms. The number of nitrogens with zero attached hydrogens (tertiary/aromatic N) is 1. The molecule has 2 atom stereocenters. The lowest BCUT2D eigenvalue weighted by atomic mass is 9.96. The van der Waals surface area contributed by atoms with E-state index in [1.165, 1.54) is 36.0 Å². The first kappa shape index (κ1) is 35.2. The van der Waals surface area contributed by atoms with E-state index < -0.39 is 47.5 Å². The maximum Gasteiger partial charge on any atom is 0.352 e. The highest BCUT2D eigenvalue weighted by atomic mass is 35.5. The number of benzene rings is 4. The third-order valence-corrected chi connectivity index (χ3v) is 9.94. The van der Waals surface area contributed by atoms with Crippen molar-refractivity contribution in [2.45, 2.75) is 24.3 Å². The van der Waals surface area contributed by atoms with Gasteiger partial charge in [-0.1, -0.05) is 60.1 Å². The van der Waals surface area contributed by atoms with E-state index in [-0.39, 0.29) is 59.1 Å². The van der Waals surface area contributed by atoms with Crippen molar-refractivity contribution < 1.29 is 49.1 Å². The quantitative estimate of drug-likeness (QED) is 0.101. The van der Waals surface area contributed by atoms with Gasteiger partial charge >= 0.3 is 11.9 Å². The van der Waals surface area contributed by atoms with Crippen LogP contribution in [0, 0.1) is 0 Å². The normalized spacial score (nSPS) is 16.6. The highest BCUT2D eigenvalue weighted by Gasteiger charge is 2.54. The van der Waals surface area contributed by atoms with Crippen LogP contribution in [0.2, 0.25) is 5.02 Å². The fourth-order valence-corrected chi connectivity index (χ4v) is 7.45. The second kappa shape index (κ2) is 15.1. The Bertz CT molecular complexity index is 2050. The first-order valence-electron chi connectivity index (χ1n) is 15.6. The van der Waals surface area contributed by atoms with Crippen LogP contribution < -0.4 is 10.1 Å². The fourth-order valence-electron chi connectivity index (χ4n) is 5.86. The van der Waals surface area contributed by atoms with Crippen molar-refractivity contribution in [1.29, 1.82) is 0 Å². The summed E-state index contributed by atoms with van der Waals surface area (Å²) >= 11 is 7.56. The number of β-lactam (4-membered cyclic amide) rings is 1. The molecule has 0 aromatic heterocycles. The van der Waals surface area contributed by atoms with Gasteiger partial charge in [0.1, 0.15) is 52.3 Å². The summed E-state index contributed by atoms with van der Waals surface area (Å²) < 4.78 is 10.9. The lowest BCUT2D eigenvalue weighted by Gasteiger charge is -2.49. The summed E-state index contributed by atoms with van der Waals surface area (Å²) in [7, 11) is 0. The number of carboxylic acids is 1.